The zero-order valence-corrected chi connectivity index (χ0v) is 8.77. The summed E-state index contributed by atoms with van der Waals surface area (Å²) in [5.74, 6) is -0.178. The number of aliphatic hydroxyl groups is 1. The van der Waals surface area contributed by atoms with Crippen molar-refractivity contribution in [1.29, 1.82) is 0 Å². The maximum absolute atomic E-state index is 10.7. The summed E-state index contributed by atoms with van der Waals surface area (Å²) in [6.07, 6.45) is -1.00. The Morgan fingerprint density at radius 3 is 2.42 bits per heavy atom. The van der Waals surface area contributed by atoms with E-state index >= 15 is 0 Å². The van der Waals surface area contributed by atoms with Gasteiger partial charge in [-0.25, -0.2) is 4.79 Å². The lowest BCUT2D eigenvalue weighted by Crippen LogP contribution is -2.26. The van der Waals surface area contributed by atoms with Crippen molar-refractivity contribution < 1.29 is 14.6 Å². The molecule has 0 rings (SSSR count). The number of carbonyl (C=O) groups excluding carboxylic acids is 1. The Kier molecular flexibility index (Phi) is 4.63. The van der Waals surface area contributed by atoms with Crippen LogP contribution in [0.5, 0.6) is 0 Å². The molecule has 12 heavy (non-hydrogen) atoms. The minimum absolute atomic E-state index is 0.0645. The molecule has 0 aliphatic rings. The van der Waals surface area contributed by atoms with Gasteiger partial charge in [-0.2, -0.15) is 11.8 Å². The van der Waals surface area contributed by atoms with E-state index in [9.17, 15) is 9.90 Å². The van der Waals surface area contributed by atoms with Crippen molar-refractivity contribution in [2.24, 2.45) is 0 Å². The van der Waals surface area contributed by atoms with Gasteiger partial charge in [0.15, 0.2) is 6.10 Å². The van der Waals surface area contributed by atoms with Gasteiger partial charge in [-0.1, -0.05) is 20.8 Å². The molecule has 0 spiro atoms. The van der Waals surface area contributed by atoms with Crippen molar-refractivity contribution in [3.05, 3.63) is 0 Å². The van der Waals surface area contributed by atoms with E-state index in [1.54, 1.807) is 0 Å². The number of thioether (sulfide) groups is 1. The zero-order valence-electron chi connectivity index (χ0n) is 7.96. The fourth-order valence-electron chi connectivity index (χ4n) is 0.533. The molecule has 0 amide bonds. The standard InChI is InChI=1S/C8H16O3S/c1-8(2,3)12-5-6(9)7(10)11-4/h6,9H,5H2,1-4H3/t6-/m1/s1. The number of methoxy groups -OCH3 is 1. The predicted molar refractivity (Wildman–Crippen MR) is 50.2 cm³/mol. The summed E-state index contributed by atoms with van der Waals surface area (Å²) in [5.41, 5.74) is 0. The van der Waals surface area contributed by atoms with Crippen molar-refractivity contribution in [2.75, 3.05) is 12.9 Å². The van der Waals surface area contributed by atoms with Gasteiger partial charge in [-0.05, 0) is 0 Å². The number of hydrogen-bond acceptors (Lipinski definition) is 4. The van der Waals surface area contributed by atoms with Crippen molar-refractivity contribution in [3.63, 3.8) is 0 Å². The first-order valence-electron chi connectivity index (χ1n) is 3.76. The molecule has 0 aromatic carbocycles. The summed E-state index contributed by atoms with van der Waals surface area (Å²) in [6, 6.07) is 0. The first-order chi connectivity index (χ1) is 5.37. The van der Waals surface area contributed by atoms with E-state index in [-0.39, 0.29) is 4.75 Å². The highest BCUT2D eigenvalue weighted by Gasteiger charge is 2.19. The fraction of sp³-hybridized carbons (Fsp3) is 0.875. The van der Waals surface area contributed by atoms with E-state index < -0.39 is 12.1 Å². The van der Waals surface area contributed by atoms with Crippen LogP contribution in [0.3, 0.4) is 0 Å². The normalized spacial score (nSPS) is 14.1. The monoisotopic (exact) mass is 192 g/mol. The Balaban J connectivity index is 3.72. The van der Waals surface area contributed by atoms with E-state index in [1.165, 1.54) is 18.9 Å². The van der Waals surface area contributed by atoms with Crippen LogP contribution in [0.25, 0.3) is 0 Å². The first-order valence-corrected chi connectivity index (χ1v) is 4.75. The van der Waals surface area contributed by atoms with Gasteiger partial charge in [0.05, 0.1) is 7.11 Å². The quantitative estimate of drug-likeness (QED) is 0.679. The number of aliphatic hydroxyl groups excluding tert-OH is 1. The molecule has 0 fully saturated rings. The number of carbonyl (C=O) groups is 1. The Morgan fingerprint density at radius 2 is 2.08 bits per heavy atom. The molecule has 0 heterocycles. The third kappa shape index (κ3) is 5.43. The molecule has 0 saturated heterocycles. The average molecular weight is 192 g/mol. The van der Waals surface area contributed by atoms with Crippen LogP contribution in [0, 0.1) is 0 Å². The largest absolute Gasteiger partial charge is 0.467 e. The van der Waals surface area contributed by atoms with E-state index in [4.69, 9.17) is 0 Å². The molecule has 0 aliphatic heterocycles. The van der Waals surface area contributed by atoms with Crippen LogP contribution < -0.4 is 0 Å². The second-order valence-electron chi connectivity index (χ2n) is 3.46. The Bertz CT molecular complexity index is 151. The van der Waals surface area contributed by atoms with Crippen molar-refractivity contribution in [2.45, 2.75) is 31.6 Å². The molecule has 1 atom stereocenters. The SMILES string of the molecule is COC(=O)[C@H](O)CSC(C)(C)C. The van der Waals surface area contributed by atoms with E-state index in [0.717, 1.165) is 0 Å². The van der Waals surface area contributed by atoms with E-state index in [1.807, 2.05) is 20.8 Å². The molecule has 3 nitrogen and oxygen atoms in total. The highest BCUT2D eigenvalue weighted by Crippen LogP contribution is 2.23. The van der Waals surface area contributed by atoms with Crippen molar-refractivity contribution in [1.82, 2.24) is 0 Å². The maximum atomic E-state index is 10.7. The summed E-state index contributed by atoms with van der Waals surface area (Å²) in [6.45, 7) is 6.09. The van der Waals surface area contributed by atoms with Crippen LogP contribution in [0.4, 0.5) is 0 Å². The Hall–Kier alpha value is -0.220. The highest BCUT2D eigenvalue weighted by atomic mass is 32.2. The topological polar surface area (TPSA) is 46.5 Å². The Labute approximate surface area is 77.5 Å². The van der Waals surface area contributed by atoms with Gasteiger partial charge in [-0.15, -0.1) is 0 Å². The lowest BCUT2D eigenvalue weighted by atomic mass is 10.3. The molecule has 0 aliphatic carbocycles. The first kappa shape index (κ1) is 11.8. The predicted octanol–water partition coefficient (Wildman–Crippen LogP) is 1.05. The molecule has 4 heteroatoms. The lowest BCUT2D eigenvalue weighted by molar-refractivity contribution is -0.149. The molecular weight excluding hydrogens is 176 g/mol. The van der Waals surface area contributed by atoms with E-state index in [2.05, 4.69) is 4.74 Å². The number of ether oxygens (including phenoxy) is 1. The molecule has 0 unspecified atom stereocenters. The molecule has 0 radical (unpaired) electrons. The van der Waals surface area contributed by atoms with Crippen LogP contribution >= 0.6 is 11.8 Å². The van der Waals surface area contributed by atoms with Crippen molar-refractivity contribution >= 4 is 17.7 Å². The smallest absolute Gasteiger partial charge is 0.335 e. The summed E-state index contributed by atoms with van der Waals surface area (Å²) in [5, 5.41) is 9.19. The molecular formula is C8H16O3S. The molecule has 1 N–H and O–H groups in total. The number of esters is 1. The Morgan fingerprint density at radius 1 is 1.58 bits per heavy atom. The van der Waals surface area contributed by atoms with Crippen molar-refractivity contribution in [3.8, 4) is 0 Å². The number of hydrogen-bond donors (Lipinski definition) is 1. The van der Waals surface area contributed by atoms with Crippen LogP contribution in [0.2, 0.25) is 0 Å². The number of rotatable bonds is 3. The fourth-order valence-corrected chi connectivity index (χ4v) is 1.33. The summed E-state index contributed by atoms with van der Waals surface area (Å²) < 4.78 is 4.44. The zero-order chi connectivity index (χ0) is 9.78. The van der Waals surface area contributed by atoms with Gasteiger partial charge in [0.1, 0.15) is 0 Å². The van der Waals surface area contributed by atoms with Gasteiger partial charge in [-0.3, -0.25) is 0 Å². The van der Waals surface area contributed by atoms with Gasteiger partial charge >= 0.3 is 5.97 Å². The van der Waals surface area contributed by atoms with Crippen LogP contribution in [-0.4, -0.2) is 34.8 Å². The second-order valence-corrected chi connectivity index (χ2v) is 5.31. The lowest BCUT2D eigenvalue weighted by Gasteiger charge is -2.18. The second kappa shape index (κ2) is 4.72. The molecule has 0 aromatic heterocycles. The van der Waals surface area contributed by atoms with Gasteiger partial charge in [0.25, 0.3) is 0 Å². The average Bonchev–Trinajstić information content (AvgIpc) is 1.97. The maximum Gasteiger partial charge on any atom is 0.335 e. The minimum Gasteiger partial charge on any atom is -0.467 e. The van der Waals surface area contributed by atoms with Crippen LogP contribution in [0.15, 0.2) is 0 Å². The minimum atomic E-state index is -1.00. The molecule has 0 aromatic rings. The van der Waals surface area contributed by atoms with Gasteiger partial charge in [0, 0.05) is 10.5 Å². The van der Waals surface area contributed by atoms with Crippen LogP contribution in [0.1, 0.15) is 20.8 Å². The highest BCUT2D eigenvalue weighted by molar-refractivity contribution is 8.00. The van der Waals surface area contributed by atoms with E-state index in [0.29, 0.717) is 5.75 Å². The van der Waals surface area contributed by atoms with Gasteiger partial charge in [0.2, 0.25) is 0 Å². The summed E-state index contributed by atoms with van der Waals surface area (Å²) >= 11 is 1.53. The molecule has 0 bridgehead atoms. The summed E-state index contributed by atoms with van der Waals surface area (Å²) in [7, 11) is 1.27. The third-order valence-electron chi connectivity index (χ3n) is 1.15. The molecule has 0 saturated carbocycles. The third-order valence-corrected chi connectivity index (χ3v) is 2.50. The summed E-state index contributed by atoms with van der Waals surface area (Å²) in [4.78, 5) is 10.7. The molecule has 72 valence electrons. The van der Waals surface area contributed by atoms with Crippen LogP contribution in [-0.2, 0) is 9.53 Å². The van der Waals surface area contributed by atoms with Gasteiger partial charge < -0.3 is 9.84 Å².